The fraction of sp³-hybridized carbons (Fsp3) is 0.0909. The Labute approximate surface area is 102 Å². The van der Waals surface area contributed by atoms with Crippen molar-refractivity contribution in [3.05, 3.63) is 47.0 Å². The Bertz CT molecular complexity index is 484. The Kier molecular flexibility index (Phi) is 3.54. The van der Waals surface area contributed by atoms with Crippen molar-refractivity contribution in [3.63, 3.8) is 0 Å². The van der Waals surface area contributed by atoms with Crippen molar-refractivity contribution in [2.24, 2.45) is 0 Å². The van der Waals surface area contributed by atoms with Crippen LogP contribution in [0.25, 0.3) is 0 Å². The van der Waals surface area contributed by atoms with Crippen molar-refractivity contribution >= 4 is 34.0 Å². The normalized spacial score (nSPS) is 10.1. The van der Waals surface area contributed by atoms with Gasteiger partial charge in [-0.25, -0.2) is 4.98 Å². The first-order valence-electron chi connectivity index (χ1n) is 4.65. The molecule has 0 saturated carbocycles. The second kappa shape index (κ2) is 5.09. The molecule has 1 N–H and O–H groups in total. The van der Waals surface area contributed by atoms with Crippen LogP contribution in [0.1, 0.15) is 15.9 Å². The number of amides is 1. The molecule has 3 nitrogen and oxygen atoms in total. The molecule has 1 amide bonds. The lowest BCUT2D eigenvalue weighted by atomic mass is 10.1. The maximum Gasteiger partial charge on any atom is 0.257 e. The molecule has 1 aromatic heterocycles. The number of carbonyl (C=O) groups excluding carboxylic acids is 1. The van der Waals surface area contributed by atoms with Crippen molar-refractivity contribution in [3.8, 4) is 0 Å². The molecule has 0 unspecified atom stereocenters. The van der Waals surface area contributed by atoms with Crippen molar-refractivity contribution in [1.29, 1.82) is 0 Å². The highest BCUT2D eigenvalue weighted by atomic mass is 35.5. The third-order valence-electron chi connectivity index (χ3n) is 2.00. The van der Waals surface area contributed by atoms with Crippen LogP contribution in [-0.2, 0) is 5.88 Å². The number of alkyl halides is 1. The van der Waals surface area contributed by atoms with Crippen molar-refractivity contribution < 1.29 is 4.79 Å². The third-order valence-corrected chi connectivity index (χ3v) is 2.99. The minimum atomic E-state index is -0.165. The van der Waals surface area contributed by atoms with Crippen LogP contribution in [0, 0.1) is 0 Å². The average Bonchev–Trinajstić information content (AvgIpc) is 2.82. The zero-order chi connectivity index (χ0) is 11.4. The van der Waals surface area contributed by atoms with E-state index in [4.69, 9.17) is 11.6 Å². The summed E-state index contributed by atoms with van der Waals surface area (Å²) in [5.41, 5.74) is 1.52. The van der Waals surface area contributed by atoms with Crippen LogP contribution in [0.4, 0.5) is 5.13 Å². The Balaban J connectivity index is 2.14. The van der Waals surface area contributed by atoms with E-state index in [1.54, 1.807) is 18.3 Å². The van der Waals surface area contributed by atoms with Gasteiger partial charge in [0.15, 0.2) is 5.13 Å². The highest BCUT2D eigenvalue weighted by Gasteiger charge is 2.07. The Morgan fingerprint density at radius 3 is 3.06 bits per heavy atom. The van der Waals surface area contributed by atoms with Crippen LogP contribution >= 0.6 is 22.9 Å². The molecule has 1 aromatic carbocycles. The molecule has 1 heterocycles. The molecule has 0 aliphatic rings. The Hall–Kier alpha value is -1.39. The largest absolute Gasteiger partial charge is 0.298 e. The highest BCUT2D eigenvalue weighted by Crippen LogP contribution is 2.13. The van der Waals surface area contributed by atoms with Gasteiger partial charge in [-0.15, -0.1) is 22.9 Å². The van der Waals surface area contributed by atoms with E-state index in [2.05, 4.69) is 10.3 Å². The van der Waals surface area contributed by atoms with Gasteiger partial charge in [-0.05, 0) is 17.7 Å². The summed E-state index contributed by atoms with van der Waals surface area (Å²) in [4.78, 5) is 15.8. The molecule has 5 heteroatoms. The van der Waals surface area contributed by atoms with E-state index in [1.165, 1.54) is 11.3 Å². The lowest BCUT2D eigenvalue weighted by Gasteiger charge is -2.02. The first-order chi connectivity index (χ1) is 7.79. The molecule has 0 aliphatic carbocycles. The molecule has 0 atom stereocenters. The Morgan fingerprint density at radius 1 is 1.50 bits per heavy atom. The van der Waals surface area contributed by atoms with Gasteiger partial charge in [0.05, 0.1) is 0 Å². The van der Waals surface area contributed by atoms with Crippen LogP contribution in [0.15, 0.2) is 35.8 Å². The van der Waals surface area contributed by atoms with Gasteiger partial charge < -0.3 is 0 Å². The van der Waals surface area contributed by atoms with Crippen LogP contribution in [0.3, 0.4) is 0 Å². The molecular weight excluding hydrogens is 244 g/mol. The number of hydrogen-bond acceptors (Lipinski definition) is 3. The molecular formula is C11H9ClN2OS. The van der Waals surface area contributed by atoms with E-state index in [-0.39, 0.29) is 5.91 Å². The van der Waals surface area contributed by atoms with Crippen LogP contribution in [-0.4, -0.2) is 10.9 Å². The molecule has 0 saturated heterocycles. The number of halogens is 1. The van der Waals surface area contributed by atoms with Crippen molar-refractivity contribution in [1.82, 2.24) is 4.98 Å². The van der Waals surface area contributed by atoms with Gasteiger partial charge in [0.1, 0.15) is 0 Å². The van der Waals surface area contributed by atoms with E-state index >= 15 is 0 Å². The predicted octanol–water partition coefficient (Wildman–Crippen LogP) is 3.13. The van der Waals surface area contributed by atoms with E-state index in [9.17, 15) is 4.79 Å². The van der Waals surface area contributed by atoms with Crippen LogP contribution in [0.2, 0.25) is 0 Å². The number of nitrogens with zero attached hydrogens (tertiary/aromatic N) is 1. The molecule has 0 spiro atoms. The van der Waals surface area contributed by atoms with Crippen LogP contribution < -0.4 is 5.32 Å². The molecule has 0 radical (unpaired) electrons. The van der Waals surface area contributed by atoms with Gasteiger partial charge in [-0.1, -0.05) is 12.1 Å². The number of thiazole rings is 1. The lowest BCUT2D eigenvalue weighted by molar-refractivity contribution is 0.102. The number of anilines is 1. The van der Waals surface area contributed by atoms with E-state index in [1.807, 2.05) is 17.5 Å². The molecule has 0 aliphatic heterocycles. The SMILES string of the molecule is O=C(Nc1nccs1)c1cccc(CCl)c1. The first-order valence-corrected chi connectivity index (χ1v) is 6.07. The fourth-order valence-corrected chi connectivity index (χ4v) is 1.94. The molecule has 2 rings (SSSR count). The summed E-state index contributed by atoms with van der Waals surface area (Å²) in [6.07, 6.45) is 1.65. The number of rotatable bonds is 3. The first kappa shape index (κ1) is 11.1. The minimum Gasteiger partial charge on any atom is -0.298 e. The van der Waals surface area contributed by atoms with Crippen molar-refractivity contribution in [2.75, 3.05) is 5.32 Å². The summed E-state index contributed by atoms with van der Waals surface area (Å²) in [6.45, 7) is 0. The van der Waals surface area contributed by atoms with Gasteiger partial charge >= 0.3 is 0 Å². The standard InChI is InChI=1S/C11H9ClN2OS/c12-7-8-2-1-3-9(6-8)10(15)14-11-13-4-5-16-11/h1-6H,7H2,(H,13,14,15). The second-order valence-electron chi connectivity index (χ2n) is 3.13. The zero-order valence-corrected chi connectivity index (χ0v) is 9.89. The molecule has 82 valence electrons. The maximum absolute atomic E-state index is 11.8. The summed E-state index contributed by atoms with van der Waals surface area (Å²) in [5.74, 6) is 0.236. The molecule has 0 fully saturated rings. The molecule has 0 bridgehead atoms. The van der Waals surface area contributed by atoms with Gasteiger partial charge in [0.25, 0.3) is 5.91 Å². The summed E-state index contributed by atoms with van der Waals surface area (Å²) in [6, 6.07) is 7.22. The summed E-state index contributed by atoms with van der Waals surface area (Å²) < 4.78 is 0. The highest BCUT2D eigenvalue weighted by molar-refractivity contribution is 7.13. The average molecular weight is 253 g/mol. The monoisotopic (exact) mass is 252 g/mol. The quantitative estimate of drug-likeness (QED) is 0.853. The topological polar surface area (TPSA) is 42.0 Å². The third kappa shape index (κ3) is 2.59. The fourth-order valence-electron chi connectivity index (χ4n) is 1.25. The second-order valence-corrected chi connectivity index (χ2v) is 4.29. The van der Waals surface area contributed by atoms with Gasteiger partial charge in [0, 0.05) is 23.0 Å². The number of nitrogens with one attached hydrogen (secondary N) is 1. The molecule has 16 heavy (non-hydrogen) atoms. The summed E-state index contributed by atoms with van der Waals surface area (Å²) >= 11 is 7.09. The van der Waals surface area contributed by atoms with E-state index in [0.29, 0.717) is 16.6 Å². The molecule has 2 aromatic rings. The minimum absolute atomic E-state index is 0.165. The number of benzene rings is 1. The number of aromatic nitrogens is 1. The predicted molar refractivity (Wildman–Crippen MR) is 66.1 cm³/mol. The summed E-state index contributed by atoms with van der Waals surface area (Å²) in [7, 11) is 0. The van der Waals surface area contributed by atoms with Crippen molar-refractivity contribution in [2.45, 2.75) is 5.88 Å². The van der Waals surface area contributed by atoms with E-state index < -0.39 is 0 Å². The maximum atomic E-state index is 11.8. The zero-order valence-electron chi connectivity index (χ0n) is 8.31. The van der Waals surface area contributed by atoms with Crippen LogP contribution in [0.5, 0.6) is 0 Å². The Morgan fingerprint density at radius 2 is 2.38 bits per heavy atom. The smallest absolute Gasteiger partial charge is 0.257 e. The van der Waals surface area contributed by atoms with Gasteiger partial charge in [0.2, 0.25) is 0 Å². The van der Waals surface area contributed by atoms with E-state index in [0.717, 1.165) is 5.56 Å². The van der Waals surface area contributed by atoms with Gasteiger partial charge in [-0.3, -0.25) is 10.1 Å². The lowest BCUT2D eigenvalue weighted by Crippen LogP contribution is -2.11. The van der Waals surface area contributed by atoms with Gasteiger partial charge in [-0.2, -0.15) is 0 Å². The number of hydrogen-bond donors (Lipinski definition) is 1. The summed E-state index contributed by atoms with van der Waals surface area (Å²) in [5, 5.41) is 5.12. The number of carbonyl (C=O) groups is 1.